The minimum atomic E-state index is 0.457. The van der Waals surface area contributed by atoms with Crippen molar-refractivity contribution in [2.45, 2.75) is 26.2 Å². The molecule has 0 atom stereocenters. The molecule has 0 heterocycles. The van der Waals surface area contributed by atoms with E-state index in [0.717, 1.165) is 23.7 Å². The molecule has 0 aliphatic carbocycles. The van der Waals surface area contributed by atoms with Crippen LogP contribution in [-0.4, -0.2) is 4.86 Å². The molecule has 1 aromatic carbocycles. The Morgan fingerprint density at radius 2 is 1.89 bits per heavy atom. The fraction of sp³-hybridized carbons (Fsp3) is 0.333. The van der Waals surface area contributed by atoms with E-state index in [1.165, 1.54) is 0 Å². The number of benzene rings is 1. The van der Waals surface area contributed by atoms with Crippen molar-refractivity contribution in [2.24, 2.45) is 5.11 Å². The fourth-order valence-electron chi connectivity index (χ4n) is 1.28. The van der Waals surface area contributed by atoms with Gasteiger partial charge in [0.15, 0.2) is 0 Å². The monoisotopic (exact) mass is 438 g/mol. The van der Waals surface area contributed by atoms with E-state index in [0.29, 0.717) is 19.5 Å². The molecule has 1 aromatic rings. The summed E-state index contributed by atoms with van der Waals surface area (Å²) in [7, 11) is 0. The van der Waals surface area contributed by atoms with Crippen molar-refractivity contribution in [3.8, 4) is 0 Å². The van der Waals surface area contributed by atoms with E-state index in [1.807, 2.05) is 6.08 Å². The van der Waals surface area contributed by atoms with Crippen LogP contribution < -0.4 is 0 Å². The predicted octanol–water partition coefficient (Wildman–Crippen LogP) is 6.27. The van der Waals surface area contributed by atoms with Crippen molar-refractivity contribution in [2.75, 3.05) is 0 Å². The van der Waals surface area contributed by atoms with Gasteiger partial charge in [-0.3, -0.25) is 0 Å². The van der Waals surface area contributed by atoms with Crippen molar-refractivity contribution >= 4 is 53.5 Å². The molecule has 18 heavy (non-hydrogen) atoms. The largest absolute Gasteiger partial charge is 0.594 e. The number of azo groups is 1. The second-order valence-electron chi connectivity index (χ2n) is 3.63. The molecule has 98 valence electrons. The zero-order chi connectivity index (χ0) is 13.5. The van der Waals surface area contributed by atoms with Gasteiger partial charge in [-0.15, -0.1) is 0 Å². The van der Waals surface area contributed by atoms with Crippen molar-refractivity contribution < 1.29 is 4.86 Å². The summed E-state index contributed by atoms with van der Waals surface area (Å²) in [6.45, 7) is 2.13. The Kier molecular flexibility index (Phi) is 7.11. The molecule has 0 spiro atoms. The summed E-state index contributed by atoms with van der Waals surface area (Å²) in [5.41, 5.74) is 0.457. The standard InChI is InChI=1S/C12H13Br3N2O/c1-2-3-4-5-6-16-17(18)12-10(14)7-9(13)8-11(12)15/h5-8H,2-4H2,1H3/b6-5+,17-16?. The van der Waals surface area contributed by atoms with E-state index in [4.69, 9.17) is 0 Å². The Morgan fingerprint density at radius 1 is 1.28 bits per heavy atom. The van der Waals surface area contributed by atoms with Crippen LogP contribution in [0.4, 0.5) is 5.69 Å². The summed E-state index contributed by atoms with van der Waals surface area (Å²) >= 11 is 10.0. The lowest BCUT2D eigenvalue weighted by atomic mass is 10.2. The van der Waals surface area contributed by atoms with Crippen LogP contribution in [0.15, 0.2) is 42.9 Å². The normalized spacial score (nSPS) is 12.3. The molecule has 0 saturated heterocycles. The smallest absolute Gasteiger partial charge is 0.273 e. The van der Waals surface area contributed by atoms with Crippen LogP contribution in [0.2, 0.25) is 0 Å². The molecule has 0 unspecified atom stereocenters. The van der Waals surface area contributed by atoms with Crippen LogP contribution in [0.1, 0.15) is 26.2 Å². The van der Waals surface area contributed by atoms with Gasteiger partial charge in [-0.1, -0.05) is 41.8 Å². The lowest BCUT2D eigenvalue weighted by Gasteiger charge is -2.04. The first-order valence-corrected chi connectivity index (χ1v) is 7.91. The quantitative estimate of drug-likeness (QED) is 0.230. The Labute approximate surface area is 132 Å². The van der Waals surface area contributed by atoms with Crippen LogP contribution in [-0.2, 0) is 0 Å². The molecule has 1 rings (SSSR count). The molecular weight excluding hydrogens is 428 g/mol. The number of allylic oxidation sites excluding steroid dienone is 1. The highest BCUT2D eigenvalue weighted by Gasteiger charge is 2.15. The van der Waals surface area contributed by atoms with Crippen molar-refractivity contribution in [1.29, 1.82) is 0 Å². The topological polar surface area (TPSA) is 38.4 Å². The maximum atomic E-state index is 11.9. The second kappa shape index (κ2) is 8.07. The molecule has 3 nitrogen and oxygen atoms in total. The van der Waals surface area contributed by atoms with Crippen molar-refractivity contribution in [3.05, 3.63) is 43.0 Å². The van der Waals surface area contributed by atoms with Crippen LogP contribution in [0.3, 0.4) is 0 Å². The molecule has 0 aromatic heterocycles. The van der Waals surface area contributed by atoms with Gasteiger partial charge in [0.05, 0.1) is 15.1 Å². The molecular formula is C12H13Br3N2O. The number of nitrogens with zero attached hydrogens (tertiary/aromatic N) is 2. The van der Waals surface area contributed by atoms with E-state index in [9.17, 15) is 5.21 Å². The summed E-state index contributed by atoms with van der Waals surface area (Å²) in [6, 6.07) is 3.61. The number of rotatable bonds is 5. The fourth-order valence-corrected chi connectivity index (χ4v) is 3.84. The van der Waals surface area contributed by atoms with Gasteiger partial charge in [0, 0.05) is 9.59 Å². The highest BCUT2D eigenvalue weighted by molar-refractivity contribution is 9.11. The van der Waals surface area contributed by atoms with Crippen LogP contribution in [0.5, 0.6) is 0 Å². The summed E-state index contributed by atoms with van der Waals surface area (Å²) in [5.74, 6) is 0. The van der Waals surface area contributed by atoms with Gasteiger partial charge in [-0.05, 0) is 55.3 Å². The lowest BCUT2D eigenvalue weighted by Crippen LogP contribution is -1.93. The Hall–Kier alpha value is -0.200. The molecule has 0 aliphatic heterocycles. The first kappa shape index (κ1) is 15.9. The van der Waals surface area contributed by atoms with E-state index >= 15 is 0 Å². The third-order valence-electron chi connectivity index (χ3n) is 2.17. The van der Waals surface area contributed by atoms with Crippen LogP contribution in [0.25, 0.3) is 0 Å². The Balaban J connectivity index is 2.87. The number of halogens is 3. The third kappa shape index (κ3) is 4.82. The maximum absolute atomic E-state index is 11.9. The van der Waals surface area contributed by atoms with Gasteiger partial charge >= 0.3 is 0 Å². The van der Waals surface area contributed by atoms with E-state index in [2.05, 4.69) is 59.8 Å². The molecule has 0 fully saturated rings. The SMILES string of the molecule is CCCC/C=C/N=[N+]([O-])c1c(Br)cc(Br)cc1Br. The zero-order valence-electron chi connectivity index (χ0n) is 9.87. The van der Waals surface area contributed by atoms with E-state index in [-0.39, 0.29) is 0 Å². The van der Waals surface area contributed by atoms with Crippen LogP contribution >= 0.6 is 47.8 Å². The number of unbranched alkanes of at least 4 members (excludes halogenated alkanes) is 2. The number of hydrogen-bond donors (Lipinski definition) is 0. The average molecular weight is 441 g/mol. The summed E-state index contributed by atoms with van der Waals surface area (Å²) < 4.78 is 2.26. The van der Waals surface area contributed by atoms with Gasteiger partial charge in [-0.2, -0.15) is 0 Å². The molecule has 0 radical (unpaired) electrons. The molecule has 0 bridgehead atoms. The highest BCUT2D eigenvalue weighted by atomic mass is 79.9. The van der Waals surface area contributed by atoms with Crippen LogP contribution in [0, 0.1) is 5.21 Å². The summed E-state index contributed by atoms with van der Waals surface area (Å²) in [4.78, 5) is 0.600. The molecule has 0 N–H and O–H groups in total. The zero-order valence-corrected chi connectivity index (χ0v) is 14.6. The Bertz CT molecular complexity index is 449. The first-order chi connectivity index (χ1) is 8.56. The van der Waals surface area contributed by atoms with Gasteiger partial charge in [0.2, 0.25) is 0 Å². The van der Waals surface area contributed by atoms with Crippen molar-refractivity contribution in [1.82, 2.24) is 0 Å². The molecule has 0 saturated carbocycles. The molecule has 0 aliphatic rings. The lowest BCUT2D eigenvalue weighted by molar-refractivity contribution is -0.438. The molecule has 6 heteroatoms. The molecule has 0 amide bonds. The minimum Gasteiger partial charge on any atom is -0.594 e. The van der Waals surface area contributed by atoms with Gasteiger partial charge < -0.3 is 5.21 Å². The average Bonchev–Trinajstić information content (AvgIpc) is 2.27. The van der Waals surface area contributed by atoms with Crippen molar-refractivity contribution in [3.63, 3.8) is 0 Å². The van der Waals surface area contributed by atoms with E-state index in [1.54, 1.807) is 18.3 Å². The summed E-state index contributed by atoms with van der Waals surface area (Å²) in [6.07, 6.45) is 6.63. The first-order valence-electron chi connectivity index (χ1n) is 5.53. The van der Waals surface area contributed by atoms with Gasteiger partial charge in [0.25, 0.3) is 5.69 Å². The maximum Gasteiger partial charge on any atom is 0.273 e. The minimum absolute atomic E-state index is 0.457. The van der Waals surface area contributed by atoms with E-state index < -0.39 is 0 Å². The Morgan fingerprint density at radius 3 is 2.44 bits per heavy atom. The predicted molar refractivity (Wildman–Crippen MR) is 83.9 cm³/mol. The number of hydrogen-bond acceptors (Lipinski definition) is 2. The highest BCUT2D eigenvalue weighted by Crippen LogP contribution is 2.36. The third-order valence-corrected chi connectivity index (χ3v) is 3.84. The summed E-state index contributed by atoms with van der Waals surface area (Å²) in [5, 5.41) is 15.7. The van der Waals surface area contributed by atoms with Gasteiger partial charge in [-0.25, -0.2) is 0 Å². The van der Waals surface area contributed by atoms with Gasteiger partial charge in [0.1, 0.15) is 0 Å². The second-order valence-corrected chi connectivity index (χ2v) is 6.26.